The number of halogens is 1. The van der Waals surface area contributed by atoms with Gasteiger partial charge in [-0.05, 0) is 75.0 Å². The molecule has 1 saturated heterocycles. The van der Waals surface area contributed by atoms with Crippen LogP contribution in [0.3, 0.4) is 0 Å². The summed E-state index contributed by atoms with van der Waals surface area (Å²) in [4.78, 5) is 28.2. The first-order valence-electron chi connectivity index (χ1n) is 13.6. The van der Waals surface area contributed by atoms with Crippen LogP contribution in [0.1, 0.15) is 61.4 Å². The minimum atomic E-state index is -0.418. The quantitative estimate of drug-likeness (QED) is 0.269. The lowest BCUT2D eigenvalue weighted by Gasteiger charge is -2.36. The molecule has 0 spiro atoms. The molecular formula is C32H34FN3O3. The van der Waals surface area contributed by atoms with Crippen molar-refractivity contribution in [1.82, 2.24) is 14.0 Å². The van der Waals surface area contributed by atoms with E-state index in [0.717, 1.165) is 37.2 Å². The van der Waals surface area contributed by atoms with Gasteiger partial charge in [-0.15, -0.1) is 0 Å². The number of likely N-dealkylation sites (tertiary alicyclic amines) is 1. The lowest BCUT2D eigenvalue weighted by atomic mass is 9.88. The van der Waals surface area contributed by atoms with Crippen LogP contribution in [0.4, 0.5) is 4.39 Å². The van der Waals surface area contributed by atoms with E-state index in [1.807, 2.05) is 56.3 Å². The highest BCUT2D eigenvalue weighted by atomic mass is 19.1. The zero-order valence-corrected chi connectivity index (χ0v) is 22.4. The van der Waals surface area contributed by atoms with Crippen molar-refractivity contribution in [3.05, 3.63) is 124 Å². The number of piperidine rings is 1. The Morgan fingerprint density at radius 2 is 1.62 bits per heavy atom. The summed E-state index contributed by atoms with van der Waals surface area (Å²) in [6.45, 7) is 5.61. The molecule has 1 aromatic heterocycles. The molecule has 7 heteroatoms. The molecule has 6 nitrogen and oxygen atoms in total. The Kier molecular flexibility index (Phi) is 8.07. The van der Waals surface area contributed by atoms with Crippen molar-refractivity contribution in [2.24, 2.45) is 0 Å². The number of benzene rings is 3. The predicted molar refractivity (Wildman–Crippen MR) is 150 cm³/mol. The first-order valence-corrected chi connectivity index (χ1v) is 13.6. The van der Waals surface area contributed by atoms with Crippen LogP contribution in [-0.4, -0.2) is 39.7 Å². The van der Waals surface area contributed by atoms with Gasteiger partial charge in [0, 0.05) is 18.0 Å². The third-order valence-corrected chi connectivity index (χ3v) is 7.74. The van der Waals surface area contributed by atoms with Crippen molar-refractivity contribution < 1.29 is 13.9 Å². The number of hydrogen-bond acceptors (Lipinski definition) is 4. The number of ether oxygens (including phenoxy) is 1. The topological polar surface area (TPSA) is 56.5 Å². The largest absolute Gasteiger partial charge is 0.465 e. The molecule has 0 N–H and O–H groups in total. The SMILES string of the molecule is CCOC(=O)C(c1ccccc1)N1CCC(c2ccc(-n3ccn([C@H](C)c4ccccc4F)c3=O)cc2)CC1. The maximum absolute atomic E-state index is 14.3. The molecule has 39 heavy (non-hydrogen) atoms. The summed E-state index contributed by atoms with van der Waals surface area (Å²) in [7, 11) is 0. The lowest BCUT2D eigenvalue weighted by Crippen LogP contribution is -2.40. The first-order chi connectivity index (χ1) is 19.0. The summed E-state index contributed by atoms with van der Waals surface area (Å²) in [6, 6.07) is 23.7. The van der Waals surface area contributed by atoms with Gasteiger partial charge in [-0.3, -0.25) is 14.0 Å². The van der Waals surface area contributed by atoms with Gasteiger partial charge in [-0.2, -0.15) is 0 Å². The van der Waals surface area contributed by atoms with E-state index in [2.05, 4.69) is 17.0 Å². The number of aromatic nitrogens is 2. The van der Waals surface area contributed by atoms with Crippen LogP contribution in [0.15, 0.2) is 96.1 Å². The summed E-state index contributed by atoms with van der Waals surface area (Å²) in [5.74, 6) is -0.151. The molecule has 1 unspecified atom stereocenters. The van der Waals surface area contributed by atoms with Gasteiger partial charge in [-0.25, -0.2) is 14.0 Å². The molecule has 202 valence electrons. The Bertz CT molecular complexity index is 1450. The monoisotopic (exact) mass is 527 g/mol. The lowest BCUT2D eigenvalue weighted by molar-refractivity contribution is -0.150. The van der Waals surface area contributed by atoms with Crippen LogP contribution >= 0.6 is 0 Å². The van der Waals surface area contributed by atoms with E-state index in [0.29, 0.717) is 18.1 Å². The molecule has 0 amide bonds. The van der Waals surface area contributed by atoms with E-state index >= 15 is 0 Å². The summed E-state index contributed by atoms with van der Waals surface area (Å²) in [5, 5.41) is 0. The van der Waals surface area contributed by atoms with Gasteiger partial charge in [0.25, 0.3) is 0 Å². The fourth-order valence-corrected chi connectivity index (χ4v) is 5.60. The van der Waals surface area contributed by atoms with Crippen molar-refractivity contribution >= 4 is 5.97 Å². The Morgan fingerprint density at radius 3 is 2.28 bits per heavy atom. The highest BCUT2D eigenvalue weighted by Crippen LogP contribution is 2.33. The second-order valence-electron chi connectivity index (χ2n) is 10.0. The average molecular weight is 528 g/mol. The summed E-state index contributed by atoms with van der Waals surface area (Å²) in [6.07, 6.45) is 5.29. The van der Waals surface area contributed by atoms with Gasteiger partial charge >= 0.3 is 11.7 Å². The van der Waals surface area contributed by atoms with Crippen molar-refractivity contribution in [2.75, 3.05) is 19.7 Å². The van der Waals surface area contributed by atoms with E-state index in [4.69, 9.17) is 4.74 Å². The number of esters is 1. The van der Waals surface area contributed by atoms with Crippen LogP contribution in [0.5, 0.6) is 0 Å². The van der Waals surface area contributed by atoms with E-state index in [1.165, 1.54) is 11.6 Å². The first kappa shape index (κ1) is 26.6. The van der Waals surface area contributed by atoms with Crippen molar-refractivity contribution in [2.45, 2.75) is 44.7 Å². The summed E-state index contributed by atoms with van der Waals surface area (Å²) in [5.41, 5.74) is 3.22. The number of rotatable bonds is 8. The molecule has 5 rings (SSSR count). The molecule has 0 aliphatic carbocycles. The van der Waals surface area contributed by atoms with Gasteiger partial charge in [0.05, 0.1) is 18.3 Å². The van der Waals surface area contributed by atoms with Crippen molar-refractivity contribution in [1.29, 1.82) is 0 Å². The van der Waals surface area contributed by atoms with Gasteiger partial charge in [0.15, 0.2) is 0 Å². The average Bonchev–Trinajstić information content (AvgIpc) is 3.35. The maximum Gasteiger partial charge on any atom is 0.333 e. The van der Waals surface area contributed by atoms with Crippen LogP contribution in [0, 0.1) is 5.82 Å². The van der Waals surface area contributed by atoms with Crippen molar-refractivity contribution in [3.63, 3.8) is 0 Å². The van der Waals surface area contributed by atoms with Gasteiger partial charge < -0.3 is 4.74 Å². The molecule has 4 aromatic rings. The molecule has 2 atom stereocenters. The number of hydrogen-bond donors (Lipinski definition) is 0. The summed E-state index contributed by atoms with van der Waals surface area (Å²) >= 11 is 0. The Morgan fingerprint density at radius 1 is 0.949 bits per heavy atom. The molecule has 1 fully saturated rings. The van der Waals surface area contributed by atoms with Crippen LogP contribution in [0.2, 0.25) is 0 Å². The third kappa shape index (κ3) is 5.59. The molecule has 0 saturated carbocycles. The highest BCUT2D eigenvalue weighted by molar-refractivity contribution is 5.77. The number of nitrogens with zero attached hydrogens (tertiary/aromatic N) is 3. The third-order valence-electron chi connectivity index (χ3n) is 7.74. The molecule has 1 aliphatic heterocycles. The fraction of sp³-hybridized carbons (Fsp3) is 0.312. The van der Waals surface area contributed by atoms with Crippen LogP contribution in [0.25, 0.3) is 5.69 Å². The fourth-order valence-electron chi connectivity index (χ4n) is 5.60. The standard InChI is InChI=1S/C32H34FN3O3/c1-3-39-31(37)30(26-9-5-4-6-10-26)34-19-17-25(18-20-34)24-13-15-27(16-14-24)36-22-21-35(32(36)38)23(2)28-11-7-8-12-29(28)33/h4-16,21-23,25,30H,3,17-20H2,1-2H3/t23-,30?/m1/s1. The van der Waals surface area contributed by atoms with E-state index in [9.17, 15) is 14.0 Å². The zero-order valence-electron chi connectivity index (χ0n) is 22.4. The Balaban J connectivity index is 1.27. The number of carbonyl (C=O) groups is 1. The number of imidazole rings is 1. The van der Waals surface area contributed by atoms with E-state index in [-0.39, 0.29) is 17.5 Å². The molecular weight excluding hydrogens is 493 g/mol. The highest BCUT2D eigenvalue weighted by Gasteiger charge is 2.32. The predicted octanol–water partition coefficient (Wildman–Crippen LogP) is 5.87. The second-order valence-corrected chi connectivity index (χ2v) is 10.0. The van der Waals surface area contributed by atoms with E-state index in [1.54, 1.807) is 39.7 Å². The normalized spacial score (nSPS) is 16.1. The molecule has 0 radical (unpaired) electrons. The minimum absolute atomic E-state index is 0.201. The van der Waals surface area contributed by atoms with Crippen LogP contribution < -0.4 is 5.69 Å². The van der Waals surface area contributed by atoms with Gasteiger partial charge in [-0.1, -0.05) is 60.7 Å². The minimum Gasteiger partial charge on any atom is -0.465 e. The summed E-state index contributed by atoms with van der Waals surface area (Å²) < 4.78 is 22.8. The van der Waals surface area contributed by atoms with Gasteiger partial charge in [0.1, 0.15) is 11.9 Å². The number of carbonyl (C=O) groups excluding carboxylic acids is 1. The molecule has 3 aromatic carbocycles. The second kappa shape index (κ2) is 11.8. The Hall–Kier alpha value is -3.97. The van der Waals surface area contributed by atoms with Crippen LogP contribution in [-0.2, 0) is 9.53 Å². The van der Waals surface area contributed by atoms with Gasteiger partial charge in [0.2, 0.25) is 0 Å². The van der Waals surface area contributed by atoms with E-state index < -0.39 is 12.1 Å². The van der Waals surface area contributed by atoms with Crippen molar-refractivity contribution in [3.8, 4) is 5.69 Å². The maximum atomic E-state index is 14.3. The molecule has 1 aliphatic rings. The Labute approximate surface area is 228 Å². The zero-order chi connectivity index (χ0) is 27.4. The molecule has 2 heterocycles. The smallest absolute Gasteiger partial charge is 0.333 e. The molecule has 0 bridgehead atoms.